The molecule has 0 unspecified atom stereocenters. The highest BCUT2D eigenvalue weighted by atomic mass is 32.1. The molecule has 0 amide bonds. The summed E-state index contributed by atoms with van der Waals surface area (Å²) in [6, 6.07) is 79.7. The highest BCUT2D eigenvalue weighted by Crippen LogP contribution is 2.42. The van der Waals surface area contributed by atoms with Gasteiger partial charge in [0.25, 0.3) is 0 Å². The van der Waals surface area contributed by atoms with E-state index in [1.165, 1.54) is 84.9 Å². The zero-order valence-electron chi connectivity index (χ0n) is 32.8. The fourth-order valence-electron chi connectivity index (χ4n) is 8.52. The minimum absolute atomic E-state index is 0.810. The molecule has 9 aromatic carbocycles. The van der Waals surface area contributed by atoms with Gasteiger partial charge < -0.3 is 4.90 Å². The maximum Gasteiger partial charge on any atom is 0.0468 e. The van der Waals surface area contributed by atoms with E-state index >= 15 is 0 Å². The number of rotatable bonds is 9. The van der Waals surface area contributed by atoms with Gasteiger partial charge in [0, 0.05) is 57.4 Å². The number of fused-ring (bicyclic) bond motifs is 6. The number of benzene rings is 9. The smallest absolute Gasteiger partial charge is 0.0468 e. The van der Waals surface area contributed by atoms with Crippen LogP contribution in [0.25, 0.3) is 74.2 Å². The number of anilines is 3. The third kappa shape index (κ3) is 6.98. The van der Waals surface area contributed by atoms with E-state index in [9.17, 15) is 0 Å². The quantitative estimate of drug-likeness (QED) is 0.131. The van der Waals surface area contributed by atoms with Crippen LogP contribution in [-0.4, -0.2) is 0 Å². The van der Waals surface area contributed by atoms with Crippen molar-refractivity contribution < 1.29 is 0 Å². The first-order valence-corrected chi connectivity index (χ1v) is 22.1. The second kappa shape index (κ2) is 15.6. The summed E-state index contributed by atoms with van der Waals surface area (Å²) in [4.78, 5) is 2.37. The Kier molecular flexibility index (Phi) is 9.39. The lowest BCUT2D eigenvalue weighted by Gasteiger charge is -2.26. The zero-order chi connectivity index (χ0) is 39.8. The van der Waals surface area contributed by atoms with Crippen molar-refractivity contribution in [2.75, 3.05) is 4.90 Å². The van der Waals surface area contributed by atoms with Crippen molar-refractivity contribution in [1.29, 1.82) is 0 Å². The Bertz CT molecular complexity index is 3310. The first-order valence-electron chi connectivity index (χ1n) is 20.4. The molecule has 0 radical (unpaired) electrons. The molecule has 2 heterocycles. The summed E-state index contributed by atoms with van der Waals surface area (Å²) in [5, 5.41) is 5.22. The largest absolute Gasteiger partial charge is 0.310 e. The van der Waals surface area contributed by atoms with E-state index in [4.69, 9.17) is 0 Å². The Hall–Kier alpha value is -7.04. The molecule has 1 nitrogen and oxygen atoms in total. The van der Waals surface area contributed by atoms with Gasteiger partial charge in [0.2, 0.25) is 0 Å². The summed E-state index contributed by atoms with van der Waals surface area (Å²) in [6.07, 6.45) is 3.21. The molecular formula is C57H39NS2. The van der Waals surface area contributed by atoms with Crippen molar-refractivity contribution in [3.63, 3.8) is 0 Å². The Morgan fingerprint density at radius 1 is 0.367 bits per heavy atom. The Balaban J connectivity index is 0.989. The first-order chi connectivity index (χ1) is 29.7. The van der Waals surface area contributed by atoms with E-state index < -0.39 is 0 Å². The molecule has 284 valence electrons. The molecule has 11 aromatic rings. The van der Waals surface area contributed by atoms with Crippen LogP contribution in [-0.2, 0) is 6.42 Å². The van der Waals surface area contributed by atoms with E-state index in [0.717, 1.165) is 23.5 Å². The van der Waals surface area contributed by atoms with Crippen LogP contribution in [0.1, 0.15) is 16.7 Å². The monoisotopic (exact) mass is 801 g/mol. The number of para-hydroxylation sites is 1. The van der Waals surface area contributed by atoms with E-state index in [1.54, 1.807) is 0 Å². The molecule has 0 fully saturated rings. The molecule has 0 aliphatic heterocycles. The average molecular weight is 802 g/mol. The highest BCUT2D eigenvalue weighted by Gasteiger charge is 2.16. The van der Waals surface area contributed by atoms with Crippen molar-refractivity contribution in [3.05, 3.63) is 235 Å². The summed E-state index contributed by atoms with van der Waals surface area (Å²) < 4.78 is 5.25. The van der Waals surface area contributed by atoms with Crippen LogP contribution in [0.4, 0.5) is 17.1 Å². The Morgan fingerprint density at radius 2 is 0.850 bits per heavy atom. The summed E-state index contributed by atoms with van der Waals surface area (Å²) in [7, 11) is 0. The number of hydrogen-bond acceptors (Lipinski definition) is 3. The summed E-state index contributed by atoms with van der Waals surface area (Å²) in [6.45, 7) is 0. The number of hydrogen-bond donors (Lipinski definition) is 0. The van der Waals surface area contributed by atoms with Crippen molar-refractivity contribution in [2.45, 2.75) is 6.42 Å². The number of allylic oxidation sites excluding steroid dienone is 1. The molecule has 60 heavy (non-hydrogen) atoms. The highest BCUT2D eigenvalue weighted by molar-refractivity contribution is 7.26. The normalized spacial score (nSPS) is 11.8. The lowest BCUT2D eigenvalue weighted by atomic mass is 9.93. The summed E-state index contributed by atoms with van der Waals surface area (Å²) in [5.41, 5.74) is 13.3. The molecule has 0 aliphatic carbocycles. The van der Waals surface area contributed by atoms with E-state index in [1.807, 2.05) is 22.7 Å². The lowest BCUT2D eigenvalue weighted by molar-refractivity contribution is 1.29. The molecule has 0 spiro atoms. The SMILES string of the molecule is C(=C(\Cc1ccc2sc3ccc(N(c4ccccc4)c4ccc(-c5ccccc5)cc4)cc3c2c1)c1ccc(-c2ccccc2)cc1)/c1ccc2sc3ccccc3c2c1. The van der Waals surface area contributed by atoms with Crippen LogP contribution in [0.2, 0.25) is 0 Å². The third-order valence-electron chi connectivity index (χ3n) is 11.5. The number of thiophene rings is 2. The van der Waals surface area contributed by atoms with Gasteiger partial charge in [-0.25, -0.2) is 0 Å². The molecule has 3 heteroatoms. The predicted octanol–water partition coefficient (Wildman–Crippen LogP) is 17.0. The average Bonchev–Trinajstić information content (AvgIpc) is 3.87. The van der Waals surface area contributed by atoms with Crippen LogP contribution in [0.3, 0.4) is 0 Å². The zero-order valence-corrected chi connectivity index (χ0v) is 34.5. The molecule has 0 aliphatic rings. The van der Waals surface area contributed by atoms with Crippen LogP contribution in [0.15, 0.2) is 218 Å². The molecule has 0 bridgehead atoms. The van der Waals surface area contributed by atoms with Gasteiger partial charge >= 0.3 is 0 Å². The molecule has 0 N–H and O–H groups in total. The van der Waals surface area contributed by atoms with Gasteiger partial charge in [0.1, 0.15) is 0 Å². The predicted molar refractivity (Wildman–Crippen MR) is 262 cm³/mol. The minimum atomic E-state index is 0.810. The van der Waals surface area contributed by atoms with Gasteiger partial charge in [0.15, 0.2) is 0 Å². The first kappa shape index (κ1) is 36.1. The van der Waals surface area contributed by atoms with Crippen molar-refractivity contribution in [1.82, 2.24) is 0 Å². The van der Waals surface area contributed by atoms with E-state index in [0.29, 0.717) is 0 Å². The third-order valence-corrected chi connectivity index (χ3v) is 13.8. The van der Waals surface area contributed by atoms with E-state index in [2.05, 4.69) is 229 Å². The van der Waals surface area contributed by atoms with E-state index in [-0.39, 0.29) is 0 Å². The van der Waals surface area contributed by atoms with Gasteiger partial charge in [-0.05, 0) is 124 Å². The maximum absolute atomic E-state index is 2.43. The van der Waals surface area contributed by atoms with Gasteiger partial charge in [-0.1, -0.05) is 152 Å². The van der Waals surface area contributed by atoms with Crippen LogP contribution < -0.4 is 4.90 Å². The molecule has 0 saturated heterocycles. The van der Waals surface area contributed by atoms with Gasteiger partial charge in [-0.3, -0.25) is 0 Å². The minimum Gasteiger partial charge on any atom is -0.310 e. The fourth-order valence-corrected chi connectivity index (χ4v) is 10.7. The summed E-state index contributed by atoms with van der Waals surface area (Å²) in [5.74, 6) is 0. The molecule has 0 atom stereocenters. The van der Waals surface area contributed by atoms with Gasteiger partial charge in [0.05, 0.1) is 0 Å². The van der Waals surface area contributed by atoms with Crippen molar-refractivity contribution in [3.8, 4) is 22.3 Å². The van der Waals surface area contributed by atoms with Gasteiger partial charge in [-0.2, -0.15) is 0 Å². The Morgan fingerprint density at radius 3 is 1.53 bits per heavy atom. The number of nitrogens with zero attached hydrogens (tertiary/aromatic N) is 1. The second-order valence-corrected chi connectivity index (χ2v) is 17.5. The lowest BCUT2D eigenvalue weighted by Crippen LogP contribution is -2.09. The molecule has 0 saturated carbocycles. The van der Waals surface area contributed by atoms with Crippen LogP contribution >= 0.6 is 22.7 Å². The second-order valence-electron chi connectivity index (χ2n) is 15.3. The topological polar surface area (TPSA) is 3.24 Å². The van der Waals surface area contributed by atoms with Crippen molar-refractivity contribution in [2.24, 2.45) is 0 Å². The van der Waals surface area contributed by atoms with Crippen LogP contribution in [0.5, 0.6) is 0 Å². The van der Waals surface area contributed by atoms with Crippen LogP contribution in [0, 0.1) is 0 Å². The van der Waals surface area contributed by atoms with Crippen molar-refractivity contribution >= 4 is 91.7 Å². The molecule has 11 rings (SSSR count). The molecular weight excluding hydrogens is 763 g/mol. The molecule has 2 aromatic heterocycles. The summed E-state index contributed by atoms with van der Waals surface area (Å²) >= 11 is 3.74. The standard InChI is InChI=1S/C57H39NS2/c1-4-12-41(13-5-1)43-22-24-45(25-23-43)46(34-39-20-31-55-51(36-39)50-18-10-11-19-54(50)59-55)35-40-21-32-56-52(37-40)53-38-49(30-33-57(53)60-56)58(47-16-8-3-9-17-47)48-28-26-44(27-29-48)42-14-6-2-7-15-42/h1-34,36-38H,35H2/b46-34-. The maximum atomic E-state index is 2.43. The Labute approximate surface area is 358 Å². The van der Waals surface area contributed by atoms with Gasteiger partial charge in [-0.15, -0.1) is 22.7 Å². The fraction of sp³-hybridized carbons (Fsp3) is 0.0175.